The highest BCUT2D eigenvalue weighted by Gasteiger charge is 2.19. The van der Waals surface area contributed by atoms with Crippen molar-refractivity contribution >= 4 is 11.6 Å². The molecule has 3 nitrogen and oxygen atoms in total. The zero-order chi connectivity index (χ0) is 16.0. The minimum absolute atomic E-state index is 0.223. The summed E-state index contributed by atoms with van der Waals surface area (Å²) in [6, 6.07) is 4.32. The average molecular weight is 314 g/mol. The number of hydrogen-bond acceptors (Lipinski definition) is 3. The fourth-order valence-corrected chi connectivity index (χ4v) is 2.38. The second-order valence-corrected chi connectivity index (χ2v) is 6.91. The van der Waals surface area contributed by atoms with Crippen molar-refractivity contribution in [1.29, 1.82) is 0 Å². The van der Waals surface area contributed by atoms with E-state index in [4.69, 9.17) is 21.1 Å². The van der Waals surface area contributed by atoms with E-state index in [9.17, 15) is 0 Å². The molecule has 0 unspecified atom stereocenters. The Morgan fingerprint density at radius 3 is 2.24 bits per heavy atom. The van der Waals surface area contributed by atoms with Crippen LogP contribution in [0.3, 0.4) is 0 Å². The Morgan fingerprint density at radius 1 is 1.14 bits per heavy atom. The zero-order valence-corrected chi connectivity index (χ0v) is 14.8. The predicted octanol–water partition coefficient (Wildman–Crippen LogP) is 4.31. The van der Waals surface area contributed by atoms with Gasteiger partial charge in [0.15, 0.2) is 11.5 Å². The van der Waals surface area contributed by atoms with Gasteiger partial charge < -0.3 is 14.8 Å². The Kier molecular flexibility index (Phi) is 6.82. The largest absolute Gasteiger partial charge is 0.493 e. The second kappa shape index (κ2) is 7.90. The first-order chi connectivity index (χ1) is 9.79. The lowest BCUT2D eigenvalue weighted by Gasteiger charge is -2.26. The van der Waals surface area contributed by atoms with Crippen molar-refractivity contribution in [3.05, 3.63) is 22.7 Å². The third kappa shape index (κ3) is 5.76. The van der Waals surface area contributed by atoms with E-state index in [2.05, 4.69) is 33.0 Å². The minimum Gasteiger partial charge on any atom is -0.493 e. The maximum absolute atomic E-state index is 6.34. The predicted molar refractivity (Wildman–Crippen MR) is 89.8 cm³/mol. The van der Waals surface area contributed by atoms with Gasteiger partial charge in [-0.3, -0.25) is 0 Å². The number of nitrogens with one attached hydrogen (secondary N) is 1. The van der Waals surface area contributed by atoms with E-state index in [-0.39, 0.29) is 5.41 Å². The Hall–Kier alpha value is -0.930. The monoisotopic (exact) mass is 313 g/mol. The smallest absolute Gasteiger partial charge is 0.162 e. The molecule has 1 N–H and O–H groups in total. The third-order valence-corrected chi connectivity index (χ3v) is 3.96. The lowest BCUT2D eigenvalue weighted by molar-refractivity contribution is 0.304. The number of halogens is 1. The topological polar surface area (TPSA) is 30.5 Å². The van der Waals surface area contributed by atoms with Crippen LogP contribution in [0.5, 0.6) is 11.5 Å². The van der Waals surface area contributed by atoms with E-state index in [1.54, 1.807) is 14.2 Å². The standard InChI is InChI=1S/C17H28ClNO2/c1-12(2)19-11-17(3,4)8-7-13-9-15(20-5)16(21-6)10-14(13)18/h9-10,12,19H,7-8,11H2,1-6H3. The molecule has 21 heavy (non-hydrogen) atoms. The molecule has 0 bridgehead atoms. The van der Waals surface area contributed by atoms with Crippen LogP contribution in [-0.2, 0) is 6.42 Å². The highest BCUT2D eigenvalue weighted by atomic mass is 35.5. The van der Waals surface area contributed by atoms with Crippen LogP contribution in [0.4, 0.5) is 0 Å². The lowest BCUT2D eigenvalue weighted by Crippen LogP contribution is -2.34. The number of hydrogen-bond donors (Lipinski definition) is 1. The maximum atomic E-state index is 6.34. The summed E-state index contributed by atoms with van der Waals surface area (Å²) in [4.78, 5) is 0. The van der Waals surface area contributed by atoms with Gasteiger partial charge in [-0.2, -0.15) is 0 Å². The van der Waals surface area contributed by atoms with Crippen molar-refractivity contribution in [3.63, 3.8) is 0 Å². The molecule has 0 fully saturated rings. The van der Waals surface area contributed by atoms with Gasteiger partial charge in [-0.25, -0.2) is 0 Å². The molecule has 0 saturated carbocycles. The normalized spacial score (nSPS) is 11.8. The summed E-state index contributed by atoms with van der Waals surface area (Å²) in [5, 5.41) is 4.24. The Morgan fingerprint density at radius 2 is 1.71 bits per heavy atom. The highest BCUT2D eigenvalue weighted by molar-refractivity contribution is 6.31. The van der Waals surface area contributed by atoms with Gasteiger partial charge in [0.2, 0.25) is 0 Å². The number of methoxy groups -OCH3 is 2. The third-order valence-electron chi connectivity index (χ3n) is 3.61. The molecule has 1 rings (SSSR count). The average Bonchev–Trinajstić information content (AvgIpc) is 2.43. The van der Waals surface area contributed by atoms with Crippen LogP contribution in [0.15, 0.2) is 12.1 Å². The van der Waals surface area contributed by atoms with E-state index < -0.39 is 0 Å². The van der Waals surface area contributed by atoms with Crippen LogP contribution in [0, 0.1) is 5.41 Å². The van der Waals surface area contributed by atoms with Crippen LogP contribution in [0.25, 0.3) is 0 Å². The number of ether oxygens (including phenoxy) is 2. The van der Waals surface area contributed by atoms with Crippen molar-refractivity contribution in [3.8, 4) is 11.5 Å². The second-order valence-electron chi connectivity index (χ2n) is 6.50. The van der Waals surface area contributed by atoms with Crippen molar-refractivity contribution in [2.75, 3.05) is 20.8 Å². The summed E-state index contributed by atoms with van der Waals surface area (Å²) >= 11 is 6.34. The van der Waals surface area contributed by atoms with Crippen LogP contribution >= 0.6 is 11.6 Å². The van der Waals surface area contributed by atoms with E-state index in [1.165, 1.54) is 0 Å². The summed E-state index contributed by atoms with van der Waals surface area (Å²) in [6.45, 7) is 9.88. The van der Waals surface area contributed by atoms with Crippen molar-refractivity contribution < 1.29 is 9.47 Å². The van der Waals surface area contributed by atoms with Gasteiger partial charge in [0.1, 0.15) is 0 Å². The molecule has 0 aliphatic rings. The molecule has 0 radical (unpaired) electrons. The summed E-state index contributed by atoms with van der Waals surface area (Å²) in [7, 11) is 3.26. The summed E-state index contributed by atoms with van der Waals surface area (Å²) in [5.41, 5.74) is 1.33. The van der Waals surface area contributed by atoms with E-state index in [1.807, 2.05) is 12.1 Å². The molecule has 0 aliphatic carbocycles. The number of benzene rings is 1. The molecule has 0 aromatic heterocycles. The van der Waals surface area contributed by atoms with Crippen LogP contribution in [0.1, 0.15) is 39.7 Å². The molecule has 1 aromatic rings. The Bertz CT molecular complexity index is 458. The molecular formula is C17H28ClNO2. The van der Waals surface area contributed by atoms with Gasteiger partial charge >= 0.3 is 0 Å². The first kappa shape index (κ1) is 18.1. The summed E-state index contributed by atoms with van der Waals surface area (Å²) in [6.07, 6.45) is 1.98. The molecular weight excluding hydrogens is 286 g/mol. The molecule has 0 saturated heterocycles. The molecule has 0 atom stereocenters. The zero-order valence-electron chi connectivity index (χ0n) is 14.0. The Labute approximate surface area is 134 Å². The maximum Gasteiger partial charge on any atom is 0.162 e. The fraction of sp³-hybridized carbons (Fsp3) is 0.647. The van der Waals surface area contributed by atoms with Crippen LogP contribution in [-0.4, -0.2) is 26.8 Å². The van der Waals surface area contributed by atoms with Gasteiger partial charge in [0.25, 0.3) is 0 Å². The van der Waals surface area contributed by atoms with E-state index >= 15 is 0 Å². The Balaban J connectivity index is 2.74. The first-order valence-electron chi connectivity index (χ1n) is 7.43. The van der Waals surface area contributed by atoms with Crippen LogP contribution < -0.4 is 14.8 Å². The molecule has 0 heterocycles. The van der Waals surface area contributed by atoms with Gasteiger partial charge in [0.05, 0.1) is 14.2 Å². The van der Waals surface area contributed by atoms with Crippen molar-refractivity contribution in [2.45, 2.75) is 46.6 Å². The first-order valence-corrected chi connectivity index (χ1v) is 7.80. The SMILES string of the molecule is COc1cc(Cl)c(CCC(C)(C)CNC(C)C)cc1OC. The summed E-state index contributed by atoms with van der Waals surface area (Å²) < 4.78 is 10.6. The van der Waals surface area contributed by atoms with Crippen LogP contribution in [0.2, 0.25) is 5.02 Å². The van der Waals surface area contributed by atoms with Crippen molar-refractivity contribution in [1.82, 2.24) is 5.32 Å². The number of rotatable bonds is 8. The quantitative estimate of drug-likeness (QED) is 0.775. The van der Waals surface area contributed by atoms with Gasteiger partial charge in [-0.05, 0) is 29.9 Å². The van der Waals surface area contributed by atoms with Crippen molar-refractivity contribution in [2.24, 2.45) is 5.41 Å². The minimum atomic E-state index is 0.223. The van der Waals surface area contributed by atoms with E-state index in [0.717, 1.165) is 35.7 Å². The highest BCUT2D eigenvalue weighted by Crippen LogP contribution is 2.35. The molecule has 0 amide bonds. The van der Waals surface area contributed by atoms with E-state index in [0.29, 0.717) is 11.8 Å². The van der Waals surface area contributed by atoms with Gasteiger partial charge in [0, 0.05) is 23.7 Å². The summed E-state index contributed by atoms with van der Waals surface area (Å²) in [5.74, 6) is 1.40. The number of aryl methyl sites for hydroxylation is 1. The molecule has 120 valence electrons. The lowest BCUT2D eigenvalue weighted by atomic mass is 9.86. The molecule has 4 heteroatoms. The molecule has 0 spiro atoms. The fourth-order valence-electron chi connectivity index (χ4n) is 2.13. The molecule has 1 aromatic carbocycles. The molecule has 0 aliphatic heterocycles. The van der Waals surface area contributed by atoms with Gasteiger partial charge in [-0.1, -0.05) is 39.3 Å². The van der Waals surface area contributed by atoms with Gasteiger partial charge in [-0.15, -0.1) is 0 Å².